The third-order valence-corrected chi connectivity index (χ3v) is 4.16. The molecule has 0 aliphatic heterocycles. The van der Waals surface area contributed by atoms with Crippen LogP contribution in [-0.4, -0.2) is 18.5 Å². The van der Waals surface area contributed by atoms with Crippen molar-refractivity contribution in [1.29, 1.82) is 0 Å². The second kappa shape index (κ2) is 6.34. The van der Waals surface area contributed by atoms with Crippen LogP contribution in [0, 0.1) is 0 Å². The van der Waals surface area contributed by atoms with Crippen molar-refractivity contribution in [2.24, 2.45) is 5.73 Å². The van der Waals surface area contributed by atoms with Gasteiger partial charge in [-0.15, -0.1) is 11.3 Å². The first kappa shape index (κ1) is 13.6. The Bertz CT molecular complexity index is 484. The van der Waals surface area contributed by atoms with Gasteiger partial charge in [-0.1, -0.05) is 29.8 Å². The summed E-state index contributed by atoms with van der Waals surface area (Å²) in [6.07, 6.45) is 0. The molecule has 2 aromatic rings. The van der Waals surface area contributed by atoms with Crippen LogP contribution >= 0.6 is 22.9 Å². The number of nitrogens with two attached hydrogens (primary N) is 1. The van der Waals surface area contributed by atoms with Gasteiger partial charge in [-0.3, -0.25) is 4.90 Å². The molecule has 4 heteroatoms. The third-order valence-electron chi connectivity index (χ3n) is 2.95. The number of rotatable bonds is 5. The second-order valence-electron chi connectivity index (χ2n) is 4.31. The molecule has 18 heavy (non-hydrogen) atoms. The fraction of sp³-hybridized carbons (Fsp3) is 0.286. The lowest BCUT2D eigenvalue weighted by molar-refractivity contribution is 0.245. The van der Waals surface area contributed by atoms with Crippen LogP contribution in [0.5, 0.6) is 0 Å². The Labute approximate surface area is 117 Å². The number of hydrogen-bond donors (Lipinski definition) is 1. The Morgan fingerprint density at radius 3 is 2.78 bits per heavy atom. The Balaban J connectivity index is 2.08. The van der Waals surface area contributed by atoms with Gasteiger partial charge in [-0.25, -0.2) is 0 Å². The molecule has 0 saturated heterocycles. The van der Waals surface area contributed by atoms with Gasteiger partial charge in [0.2, 0.25) is 0 Å². The van der Waals surface area contributed by atoms with Crippen molar-refractivity contribution in [2.75, 3.05) is 13.6 Å². The first-order valence-electron chi connectivity index (χ1n) is 5.89. The van der Waals surface area contributed by atoms with Crippen LogP contribution in [-0.2, 0) is 6.54 Å². The van der Waals surface area contributed by atoms with E-state index in [4.69, 9.17) is 17.3 Å². The summed E-state index contributed by atoms with van der Waals surface area (Å²) in [6.45, 7) is 1.47. The summed E-state index contributed by atoms with van der Waals surface area (Å²) in [6, 6.07) is 12.4. The van der Waals surface area contributed by atoms with Crippen molar-refractivity contribution in [2.45, 2.75) is 12.6 Å². The summed E-state index contributed by atoms with van der Waals surface area (Å²) in [5, 5.41) is 2.87. The molecule has 0 amide bonds. The molecule has 0 bridgehead atoms. The highest BCUT2D eigenvalue weighted by molar-refractivity contribution is 7.10. The fourth-order valence-corrected chi connectivity index (χ4v) is 3.15. The highest BCUT2D eigenvalue weighted by atomic mass is 35.5. The van der Waals surface area contributed by atoms with E-state index in [-0.39, 0.29) is 6.04 Å². The van der Waals surface area contributed by atoms with Crippen LogP contribution in [0.15, 0.2) is 41.8 Å². The van der Waals surface area contributed by atoms with Crippen molar-refractivity contribution >= 4 is 22.9 Å². The molecule has 0 spiro atoms. The lowest BCUT2D eigenvalue weighted by Gasteiger charge is -2.26. The summed E-state index contributed by atoms with van der Waals surface area (Å²) in [5.74, 6) is 0. The average Bonchev–Trinajstić information content (AvgIpc) is 2.83. The maximum absolute atomic E-state index is 6.00. The van der Waals surface area contributed by atoms with Crippen LogP contribution in [0.4, 0.5) is 0 Å². The molecule has 0 aliphatic rings. The number of nitrogens with zero attached hydrogens (tertiary/aromatic N) is 1. The molecule has 0 saturated carbocycles. The first-order chi connectivity index (χ1) is 8.70. The van der Waals surface area contributed by atoms with Crippen LogP contribution in [0.25, 0.3) is 0 Å². The van der Waals surface area contributed by atoms with Gasteiger partial charge in [0, 0.05) is 23.0 Å². The van der Waals surface area contributed by atoms with E-state index in [0.29, 0.717) is 6.54 Å². The topological polar surface area (TPSA) is 29.3 Å². The van der Waals surface area contributed by atoms with Crippen LogP contribution in [0.1, 0.15) is 16.5 Å². The minimum absolute atomic E-state index is 0.268. The standard InChI is InChI=1S/C14H17ClN2S/c1-17(10-11-4-2-5-12(15)8-11)13(9-16)14-6-3-7-18-14/h2-8,13H,9-10,16H2,1H3. The molecular formula is C14H17ClN2S. The van der Waals surface area contributed by atoms with Crippen molar-refractivity contribution in [3.8, 4) is 0 Å². The molecule has 1 aromatic heterocycles. The highest BCUT2D eigenvalue weighted by Crippen LogP contribution is 2.24. The molecule has 0 fully saturated rings. The summed E-state index contributed by atoms with van der Waals surface area (Å²) < 4.78 is 0. The lowest BCUT2D eigenvalue weighted by atomic mass is 10.1. The number of hydrogen-bond acceptors (Lipinski definition) is 3. The van der Waals surface area contributed by atoms with Gasteiger partial charge in [0.15, 0.2) is 0 Å². The third kappa shape index (κ3) is 3.33. The van der Waals surface area contributed by atoms with Crippen molar-refractivity contribution in [3.63, 3.8) is 0 Å². The average molecular weight is 281 g/mol. The molecule has 2 N–H and O–H groups in total. The van der Waals surface area contributed by atoms with E-state index < -0.39 is 0 Å². The van der Waals surface area contributed by atoms with E-state index in [2.05, 4.69) is 35.5 Å². The first-order valence-corrected chi connectivity index (χ1v) is 7.14. The molecule has 0 aliphatic carbocycles. The Morgan fingerprint density at radius 2 is 2.17 bits per heavy atom. The van der Waals surface area contributed by atoms with E-state index in [0.717, 1.165) is 11.6 Å². The van der Waals surface area contributed by atoms with E-state index in [1.807, 2.05) is 18.2 Å². The predicted octanol–water partition coefficient (Wildman–Crippen LogP) is 3.53. The molecule has 0 radical (unpaired) electrons. The zero-order valence-electron chi connectivity index (χ0n) is 10.3. The summed E-state index contributed by atoms with van der Waals surface area (Å²) >= 11 is 7.75. The zero-order valence-corrected chi connectivity index (χ0v) is 11.9. The van der Waals surface area contributed by atoms with Crippen LogP contribution < -0.4 is 5.73 Å². The Kier molecular flexibility index (Phi) is 4.78. The predicted molar refractivity (Wildman–Crippen MR) is 79.0 cm³/mol. The summed E-state index contributed by atoms with van der Waals surface area (Å²) in [5.41, 5.74) is 7.10. The van der Waals surface area contributed by atoms with Gasteiger partial charge in [0.25, 0.3) is 0 Å². The zero-order chi connectivity index (χ0) is 13.0. The molecular weight excluding hydrogens is 264 g/mol. The SMILES string of the molecule is CN(Cc1cccc(Cl)c1)C(CN)c1cccs1. The Hall–Kier alpha value is -0.870. The number of likely N-dealkylation sites (N-methyl/N-ethyl adjacent to an activating group) is 1. The van der Waals surface area contributed by atoms with Gasteiger partial charge in [0.05, 0.1) is 6.04 Å². The van der Waals surface area contributed by atoms with Gasteiger partial charge >= 0.3 is 0 Å². The van der Waals surface area contributed by atoms with E-state index >= 15 is 0 Å². The van der Waals surface area contributed by atoms with Gasteiger partial charge < -0.3 is 5.73 Å². The minimum Gasteiger partial charge on any atom is -0.329 e. The fourth-order valence-electron chi connectivity index (χ4n) is 2.03. The Morgan fingerprint density at radius 1 is 1.33 bits per heavy atom. The van der Waals surface area contributed by atoms with Crippen LogP contribution in [0.3, 0.4) is 0 Å². The monoisotopic (exact) mass is 280 g/mol. The molecule has 1 aromatic carbocycles. The largest absolute Gasteiger partial charge is 0.329 e. The normalized spacial score (nSPS) is 12.9. The van der Waals surface area contributed by atoms with Gasteiger partial charge in [0.1, 0.15) is 0 Å². The maximum Gasteiger partial charge on any atom is 0.0564 e. The van der Waals surface area contributed by atoms with Crippen molar-refractivity contribution in [3.05, 3.63) is 57.2 Å². The molecule has 2 rings (SSSR count). The van der Waals surface area contributed by atoms with Crippen molar-refractivity contribution in [1.82, 2.24) is 4.90 Å². The molecule has 1 atom stereocenters. The molecule has 2 nitrogen and oxygen atoms in total. The minimum atomic E-state index is 0.268. The number of benzene rings is 1. The number of halogens is 1. The number of thiophene rings is 1. The quantitative estimate of drug-likeness (QED) is 0.908. The highest BCUT2D eigenvalue weighted by Gasteiger charge is 2.16. The van der Waals surface area contributed by atoms with Crippen molar-refractivity contribution < 1.29 is 0 Å². The molecule has 1 unspecified atom stereocenters. The van der Waals surface area contributed by atoms with E-state index in [9.17, 15) is 0 Å². The van der Waals surface area contributed by atoms with Gasteiger partial charge in [-0.2, -0.15) is 0 Å². The smallest absolute Gasteiger partial charge is 0.0564 e. The molecule has 96 valence electrons. The summed E-state index contributed by atoms with van der Waals surface area (Å²) in [7, 11) is 2.10. The second-order valence-corrected chi connectivity index (χ2v) is 5.73. The van der Waals surface area contributed by atoms with E-state index in [1.165, 1.54) is 10.4 Å². The lowest BCUT2D eigenvalue weighted by Crippen LogP contribution is -2.29. The summed E-state index contributed by atoms with van der Waals surface area (Å²) in [4.78, 5) is 3.57. The van der Waals surface area contributed by atoms with Crippen LogP contribution in [0.2, 0.25) is 5.02 Å². The molecule has 1 heterocycles. The van der Waals surface area contributed by atoms with E-state index in [1.54, 1.807) is 11.3 Å². The van der Waals surface area contributed by atoms with Gasteiger partial charge in [-0.05, 0) is 36.2 Å². The maximum atomic E-state index is 6.00.